The van der Waals surface area contributed by atoms with Gasteiger partial charge in [0.05, 0.1) is 10.8 Å². The Balaban J connectivity index is 3.28. The van der Waals surface area contributed by atoms with E-state index in [1.165, 1.54) is 6.92 Å². The Hall–Kier alpha value is -1.32. The zero-order valence-corrected chi connectivity index (χ0v) is 8.99. The van der Waals surface area contributed by atoms with Gasteiger partial charge in [0.1, 0.15) is 0 Å². The molecule has 1 aliphatic rings. The summed E-state index contributed by atoms with van der Waals surface area (Å²) < 4.78 is 0. The van der Waals surface area contributed by atoms with E-state index in [9.17, 15) is 19.8 Å². The number of rotatable bonds is 3. The fourth-order valence-corrected chi connectivity index (χ4v) is 2.33. The molecule has 0 aromatic carbocycles. The average Bonchev–Trinajstić information content (AvgIpc) is 2.18. The van der Waals surface area contributed by atoms with Crippen molar-refractivity contribution < 1.29 is 19.8 Å². The molecule has 0 amide bonds. The first-order chi connectivity index (χ1) is 6.90. The molecular formula is C11H16O4. The number of aliphatic carboxylic acids is 2. The molecule has 4 nitrogen and oxygen atoms in total. The molecule has 0 aromatic rings. The van der Waals surface area contributed by atoms with Crippen LogP contribution in [-0.2, 0) is 9.59 Å². The van der Waals surface area contributed by atoms with Gasteiger partial charge in [-0.2, -0.15) is 0 Å². The molecule has 0 heterocycles. The maximum absolute atomic E-state index is 11.3. The SMILES string of the molecule is CC[C@@]1(C(=O)O)CC=CC[C@@]1(C)C(=O)O. The molecule has 0 saturated heterocycles. The van der Waals surface area contributed by atoms with E-state index in [0.717, 1.165) is 0 Å². The lowest BCUT2D eigenvalue weighted by atomic mass is 9.57. The van der Waals surface area contributed by atoms with Crippen LogP contribution in [0.25, 0.3) is 0 Å². The van der Waals surface area contributed by atoms with E-state index >= 15 is 0 Å². The van der Waals surface area contributed by atoms with Crippen LogP contribution in [-0.4, -0.2) is 22.2 Å². The van der Waals surface area contributed by atoms with Crippen molar-refractivity contribution in [2.75, 3.05) is 0 Å². The van der Waals surface area contributed by atoms with E-state index in [4.69, 9.17) is 0 Å². The summed E-state index contributed by atoms with van der Waals surface area (Å²) in [5.74, 6) is -2.05. The minimum atomic E-state index is -1.21. The van der Waals surface area contributed by atoms with Crippen LogP contribution in [0.3, 0.4) is 0 Å². The lowest BCUT2D eigenvalue weighted by Gasteiger charge is -2.43. The van der Waals surface area contributed by atoms with Crippen molar-refractivity contribution in [3.05, 3.63) is 12.2 Å². The average molecular weight is 212 g/mol. The van der Waals surface area contributed by atoms with E-state index < -0.39 is 22.8 Å². The molecular weight excluding hydrogens is 196 g/mol. The highest BCUT2D eigenvalue weighted by atomic mass is 16.4. The van der Waals surface area contributed by atoms with E-state index in [2.05, 4.69) is 0 Å². The topological polar surface area (TPSA) is 74.6 Å². The number of carboxylic acids is 2. The number of hydrogen-bond donors (Lipinski definition) is 2. The van der Waals surface area contributed by atoms with Crippen molar-refractivity contribution >= 4 is 11.9 Å². The molecule has 1 aliphatic carbocycles. The molecule has 0 spiro atoms. The maximum Gasteiger partial charge on any atom is 0.311 e. The second-order valence-electron chi connectivity index (χ2n) is 4.26. The zero-order chi connectivity index (χ0) is 11.7. The third kappa shape index (κ3) is 1.44. The van der Waals surface area contributed by atoms with Crippen LogP contribution in [0, 0.1) is 10.8 Å². The Labute approximate surface area is 88.6 Å². The van der Waals surface area contributed by atoms with Gasteiger partial charge in [0.25, 0.3) is 0 Å². The fourth-order valence-electron chi connectivity index (χ4n) is 2.33. The zero-order valence-electron chi connectivity index (χ0n) is 8.99. The van der Waals surface area contributed by atoms with Gasteiger partial charge in [-0.25, -0.2) is 0 Å². The van der Waals surface area contributed by atoms with Gasteiger partial charge < -0.3 is 10.2 Å². The van der Waals surface area contributed by atoms with Crippen LogP contribution in [0.2, 0.25) is 0 Å². The highest BCUT2D eigenvalue weighted by molar-refractivity contribution is 5.87. The largest absolute Gasteiger partial charge is 0.481 e. The Kier molecular flexibility index (Phi) is 2.88. The molecule has 0 bridgehead atoms. The summed E-state index contributed by atoms with van der Waals surface area (Å²) in [7, 11) is 0. The van der Waals surface area contributed by atoms with Gasteiger partial charge in [0, 0.05) is 0 Å². The van der Waals surface area contributed by atoms with Gasteiger partial charge in [-0.3, -0.25) is 9.59 Å². The van der Waals surface area contributed by atoms with Gasteiger partial charge >= 0.3 is 11.9 Å². The van der Waals surface area contributed by atoms with Gasteiger partial charge in [-0.05, 0) is 26.2 Å². The minimum absolute atomic E-state index is 0.280. The quantitative estimate of drug-likeness (QED) is 0.701. The normalized spacial score (nSPS) is 35.1. The molecule has 4 heteroatoms. The predicted molar refractivity (Wildman–Crippen MR) is 54.5 cm³/mol. The number of carboxylic acid groups (broad SMARTS) is 2. The Morgan fingerprint density at radius 2 is 1.73 bits per heavy atom. The van der Waals surface area contributed by atoms with Crippen LogP contribution >= 0.6 is 0 Å². The molecule has 2 N–H and O–H groups in total. The summed E-state index contributed by atoms with van der Waals surface area (Å²) in [6.45, 7) is 3.25. The molecule has 2 atom stereocenters. The van der Waals surface area contributed by atoms with Crippen molar-refractivity contribution in [2.24, 2.45) is 10.8 Å². The summed E-state index contributed by atoms with van der Waals surface area (Å²) in [4.78, 5) is 22.6. The summed E-state index contributed by atoms with van der Waals surface area (Å²) in [5.41, 5.74) is -2.38. The molecule has 15 heavy (non-hydrogen) atoms. The van der Waals surface area contributed by atoms with Crippen molar-refractivity contribution in [1.29, 1.82) is 0 Å². The first-order valence-corrected chi connectivity index (χ1v) is 5.02. The fraction of sp³-hybridized carbons (Fsp3) is 0.636. The first kappa shape index (κ1) is 11.8. The Bertz CT molecular complexity index is 321. The van der Waals surface area contributed by atoms with Crippen LogP contribution in [0.15, 0.2) is 12.2 Å². The highest BCUT2D eigenvalue weighted by Crippen LogP contribution is 2.50. The van der Waals surface area contributed by atoms with Crippen molar-refractivity contribution in [1.82, 2.24) is 0 Å². The van der Waals surface area contributed by atoms with E-state index in [1.807, 2.05) is 0 Å². The first-order valence-electron chi connectivity index (χ1n) is 5.02. The standard InChI is InChI=1S/C11H16O4/c1-3-11(9(14)15)7-5-4-6-10(11,2)8(12)13/h4-5H,3,6-7H2,1-2H3,(H,12,13)(H,14,15)/t10-,11-/m0/s1. The van der Waals surface area contributed by atoms with Crippen molar-refractivity contribution in [3.63, 3.8) is 0 Å². The van der Waals surface area contributed by atoms with Crippen molar-refractivity contribution in [2.45, 2.75) is 33.1 Å². The molecule has 0 aliphatic heterocycles. The highest BCUT2D eigenvalue weighted by Gasteiger charge is 2.57. The molecule has 0 saturated carbocycles. The predicted octanol–water partition coefficient (Wildman–Crippen LogP) is 1.91. The minimum Gasteiger partial charge on any atom is -0.481 e. The third-order valence-electron chi connectivity index (χ3n) is 3.70. The van der Waals surface area contributed by atoms with E-state index in [-0.39, 0.29) is 6.42 Å². The van der Waals surface area contributed by atoms with Crippen LogP contribution in [0.5, 0.6) is 0 Å². The summed E-state index contributed by atoms with van der Waals surface area (Å²) in [6, 6.07) is 0. The van der Waals surface area contributed by atoms with Crippen LogP contribution < -0.4 is 0 Å². The smallest absolute Gasteiger partial charge is 0.311 e. The summed E-state index contributed by atoms with van der Waals surface area (Å²) >= 11 is 0. The van der Waals surface area contributed by atoms with Crippen molar-refractivity contribution in [3.8, 4) is 0 Å². The number of hydrogen-bond acceptors (Lipinski definition) is 2. The second-order valence-corrected chi connectivity index (χ2v) is 4.26. The van der Waals surface area contributed by atoms with Gasteiger partial charge in [0.2, 0.25) is 0 Å². The van der Waals surface area contributed by atoms with Gasteiger partial charge in [0.15, 0.2) is 0 Å². The van der Waals surface area contributed by atoms with Crippen LogP contribution in [0.1, 0.15) is 33.1 Å². The summed E-state index contributed by atoms with van der Waals surface area (Å²) in [6.07, 6.45) is 4.42. The Morgan fingerprint density at radius 3 is 2.07 bits per heavy atom. The summed E-state index contributed by atoms with van der Waals surface area (Å²) in [5, 5.41) is 18.5. The second kappa shape index (κ2) is 3.68. The molecule has 0 radical (unpaired) electrons. The molecule has 0 unspecified atom stereocenters. The molecule has 1 rings (SSSR count). The molecule has 0 fully saturated rings. The Morgan fingerprint density at radius 1 is 1.20 bits per heavy atom. The number of allylic oxidation sites excluding steroid dienone is 2. The van der Waals surface area contributed by atoms with E-state index in [0.29, 0.717) is 12.8 Å². The van der Waals surface area contributed by atoms with Gasteiger partial charge in [-0.15, -0.1) is 0 Å². The monoisotopic (exact) mass is 212 g/mol. The lowest BCUT2D eigenvalue weighted by molar-refractivity contribution is -0.173. The molecule has 84 valence electrons. The maximum atomic E-state index is 11.3. The molecule has 0 aromatic heterocycles. The lowest BCUT2D eigenvalue weighted by Crippen LogP contribution is -2.51. The van der Waals surface area contributed by atoms with Crippen LogP contribution in [0.4, 0.5) is 0 Å². The van der Waals surface area contributed by atoms with Gasteiger partial charge in [-0.1, -0.05) is 19.1 Å². The number of carbonyl (C=O) groups is 2. The van der Waals surface area contributed by atoms with E-state index in [1.54, 1.807) is 19.1 Å². The third-order valence-corrected chi connectivity index (χ3v) is 3.70.